The van der Waals surface area contributed by atoms with E-state index >= 15 is 0 Å². The summed E-state index contributed by atoms with van der Waals surface area (Å²) in [7, 11) is 1.08. The minimum atomic E-state index is -4.62. The lowest BCUT2D eigenvalue weighted by molar-refractivity contribution is -0.146. The van der Waals surface area contributed by atoms with Crippen LogP contribution in [0.15, 0.2) is 54.6 Å². The Morgan fingerprint density at radius 3 is 2.10 bits per heavy atom. The van der Waals surface area contributed by atoms with Gasteiger partial charge in [-0.1, -0.05) is 48.5 Å². The Kier molecular flexibility index (Phi) is 8.18. The predicted octanol–water partition coefficient (Wildman–Crippen LogP) is 2.65. The third-order valence-corrected chi connectivity index (χ3v) is 4.53. The van der Waals surface area contributed by atoms with Gasteiger partial charge >= 0.3 is 12.1 Å². The highest BCUT2D eigenvalue weighted by molar-refractivity contribution is 5.90. The zero-order valence-corrected chi connectivity index (χ0v) is 17.0. The maximum Gasteiger partial charge on any atom is 0.416 e. The summed E-state index contributed by atoms with van der Waals surface area (Å²) < 4.78 is 44.6. The third-order valence-electron chi connectivity index (χ3n) is 4.53. The second-order valence-corrected chi connectivity index (χ2v) is 6.89. The molecule has 6 nitrogen and oxygen atoms in total. The quantitative estimate of drug-likeness (QED) is 0.624. The van der Waals surface area contributed by atoms with Crippen molar-refractivity contribution in [2.24, 2.45) is 0 Å². The van der Waals surface area contributed by atoms with Gasteiger partial charge in [0.05, 0.1) is 12.7 Å². The Hall–Kier alpha value is -3.36. The van der Waals surface area contributed by atoms with E-state index in [0.29, 0.717) is 0 Å². The van der Waals surface area contributed by atoms with Gasteiger partial charge in [0.1, 0.15) is 12.1 Å². The molecule has 2 rings (SSSR count). The molecular weight excluding hydrogens is 413 g/mol. The fourth-order valence-corrected chi connectivity index (χ4v) is 3.11. The molecule has 0 unspecified atom stereocenters. The van der Waals surface area contributed by atoms with Crippen molar-refractivity contribution in [3.8, 4) is 0 Å². The van der Waals surface area contributed by atoms with Crippen molar-refractivity contribution in [1.82, 2.24) is 10.6 Å². The molecule has 0 saturated carbocycles. The molecule has 9 heteroatoms. The van der Waals surface area contributed by atoms with Crippen LogP contribution >= 0.6 is 0 Å². The number of nitrogens with one attached hydrogen (secondary N) is 2. The van der Waals surface area contributed by atoms with Crippen molar-refractivity contribution < 1.29 is 32.3 Å². The molecule has 0 bridgehead atoms. The van der Waals surface area contributed by atoms with Crippen LogP contribution in [0.1, 0.15) is 23.6 Å². The number of carbonyl (C=O) groups is 3. The Balaban J connectivity index is 2.25. The lowest BCUT2D eigenvalue weighted by Gasteiger charge is -2.23. The number of esters is 1. The summed E-state index contributed by atoms with van der Waals surface area (Å²) in [6.07, 6.45) is -4.90. The molecule has 0 fully saturated rings. The second kappa shape index (κ2) is 10.6. The van der Waals surface area contributed by atoms with Gasteiger partial charge in [-0.15, -0.1) is 0 Å². The fraction of sp³-hybridized carbons (Fsp3) is 0.318. The number of hydrogen-bond donors (Lipinski definition) is 2. The van der Waals surface area contributed by atoms with Gasteiger partial charge in [-0.3, -0.25) is 9.59 Å². The zero-order valence-electron chi connectivity index (χ0n) is 17.0. The first kappa shape index (κ1) is 23.9. The summed E-state index contributed by atoms with van der Waals surface area (Å²) in [5.41, 5.74) is -0.306. The van der Waals surface area contributed by atoms with Crippen LogP contribution in [0.5, 0.6) is 0 Å². The van der Waals surface area contributed by atoms with Gasteiger partial charge in [-0.2, -0.15) is 13.2 Å². The minimum absolute atomic E-state index is 0.138. The van der Waals surface area contributed by atoms with Gasteiger partial charge < -0.3 is 15.4 Å². The Morgan fingerprint density at radius 1 is 0.903 bits per heavy atom. The average molecular weight is 436 g/mol. The maximum absolute atomic E-state index is 13.3. The lowest BCUT2D eigenvalue weighted by Crippen LogP contribution is -2.53. The highest BCUT2D eigenvalue weighted by atomic mass is 19.4. The molecule has 0 aliphatic carbocycles. The lowest BCUT2D eigenvalue weighted by atomic mass is 9.99. The van der Waals surface area contributed by atoms with E-state index in [-0.39, 0.29) is 12.0 Å². The van der Waals surface area contributed by atoms with Gasteiger partial charge in [0.25, 0.3) is 0 Å². The molecule has 2 N–H and O–H groups in total. The molecule has 0 radical (unpaired) electrons. The first-order valence-electron chi connectivity index (χ1n) is 9.46. The maximum atomic E-state index is 13.3. The minimum Gasteiger partial charge on any atom is -0.467 e. The number of amides is 2. The number of halogens is 3. The van der Waals surface area contributed by atoms with E-state index in [1.807, 2.05) is 0 Å². The van der Waals surface area contributed by atoms with Gasteiger partial charge in [0, 0.05) is 19.8 Å². The summed E-state index contributed by atoms with van der Waals surface area (Å²) in [6.45, 7) is 1.24. The van der Waals surface area contributed by atoms with Crippen molar-refractivity contribution in [2.45, 2.75) is 38.0 Å². The van der Waals surface area contributed by atoms with E-state index < -0.39 is 48.0 Å². The molecule has 2 aromatic rings. The van der Waals surface area contributed by atoms with Gasteiger partial charge in [0.2, 0.25) is 11.8 Å². The molecule has 2 aromatic carbocycles. The molecule has 0 aliphatic heterocycles. The molecule has 0 spiro atoms. The average Bonchev–Trinajstić information content (AvgIpc) is 2.72. The first-order valence-corrected chi connectivity index (χ1v) is 9.46. The number of rotatable bonds is 8. The zero-order chi connectivity index (χ0) is 23.0. The van der Waals surface area contributed by atoms with Crippen molar-refractivity contribution in [2.75, 3.05) is 7.11 Å². The predicted molar refractivity (Wildman–Crippen MR) is 107 cm³/mol. The number of methoxy groups -OCH3 is 1. The molecule has 2 amide bonds. The molecular formula is C22H23F3N2O4. The summed E-state index contributed by atoms with van der Waals surface area (Å²) in [5, 5.41) is 4.93. The standard InChI is InChI=1S/C22H23F3N2O4/c1-14(28)26-18(12-15-8-4-3-5-9-15)20(29)27-19(21(30)31-2)13-16-10-6-7-11-17(16)22(23,24)25/h3-11,18-19H,12-13H2,1-2H3,(H,26,28)(H,27,29)/t18-,19-/m1/s1. The Bertz CT molecular complexity index is 916. The van der Waals surface area contributed by atoms with E-state index in [4.69, 9.17) is 0 Å². The molecule has 0 saturated heterocycles. The van der Waals surface area contributed by atoms with Crippen LogP contribution in [0, 0.1) is 0 Å². The van der Waals surface area contributed by atoms with Crippen LogP contribution in [0.2, 0.25) is 0 Å². The molecule has 0 aliphatic rings. The number of alkyl halides is 3. The van der Waals surface area contributed by atoms with Crippen LogP contribution in [0.3, 0.4) is 0 Å². The highest BCUT2D eigenvalue weighted by Crippen LogP contribution is 2.32. The first-order chi connectivity index (χ1) is 14.6. The molecule has 31 heavy (non-hydrogen) atoms. The molecule has 0 aromatic heterocycles. The van der Waals surface area contributed by atoms with E-state index in [1.54, 1.807) is 30.3 Å². The van der Waals surface area contributed by atoms with Gasteiger partial charge in [0.15, 0.2) is 0 Å². The van der Waals surface area contributed by atoms with Crippen molar-refractivity contribution in [1.29, 1.82) is 0 Å². The largest absolute Gasteiger partial charge is 0.467 e. The number of hydrogen-bond acceptors (Lipinski definition) is 4. The Morgan fingerprint density at radius 2 is 1.52 bits per heavy atom. The van der Waals surface area contributed by atoms with E-state index in [9.17, 15) is 27.6 Å². The summed E-state index contributed by atoms with van der Waals surface area (Å²) in [5.74, 6) is -2.07. The van der Waals surface area contributed by atoms with Crippen molar-refractivity contribution in [3.63, 3.8) is 0 Å². The SMILES string of the molecule is COC(=O)[C@@H](Cc1ccccc1C(F)(F)F)NC(=O)[C@@H](Cc1ccccc1)NC(C)=O. The van der Waals surface area contributed by atoms with Gasteiger partial charge in [-0.05, 0) is 17.2 Å². The van der Waals surface area contributed by atoms with Crippen LogP contribution in [-0.4, -0.2) is 37.0 Å². The summed E-state index contributed by atoms with van der Waals surface area (Å²) in [6, 6.07) is 11.3. The smallest absolute Gasteiger partial charge is 0.416 e. The van der Waals surface area contributed by atoms with Crippen LogP contribution in [0.25, 0.3) is 0 Å². The fourth-order valence-electron chi connectivity index (χ4n) is 3.11. The molecule has 0 heterocycles. The third kappa shape index (κ3) is 7.13. The normalized spacial score (nSPS) is 13.1. The topological polar surface area (TPSA) is 84.5 Å². The number of ether oxygens (including phenoxy) is 1. The second-order valence-electron chi connectivity index (χ2n) is 6.89. The van der Waals surface area contributed by atoms with Crippen LogP contribution in [0.4, 0.5) is 13.2 Å². The van der Waals surface area contributed by atoms with Crippen molar-refractivity contribution in [3.05, 3.63) is 71.3 Å². The van der Waals surface area contributed by atoms with E-state index in [1.165, 1.54) is 25.1 Å². The summed E-state index contributed by atoms with van der Waals surface area (Å²) >= 11 is 0. The number of carbonyl (C=O) groups excluding carboxylic acids is 3. The van der Waals surface area contributed by atoms with E-state index in [2.05, 4.69) is 15.4 Å². The monoisotopic (exact) mass is 436 g/mol. The Labute approximate surface area is 177 Å². The van der Waals surface area contributed by atoms with E-state index in [0.717, 1.165) is 18.7 Å². The summed E-state index contributed by atoms with van der Waals surface area (Å²) in [4.78, 5) is 36.6. The molecule has 2 atom stereocenters. The van der Waals surface area contributed by atoms with Crippen molar-refractivity contribution >= 4 is 17.8 Å². The highest BCUT2D eigenvalue weighted by Gasteiger charge is 2.35. The number of benzene rings is 2. The van der Waals surface area contributed by atoms with Crippen LogP contribution in [-0.2, 0) is 38.1 Å². The molecule has 166 valence electrons. The van der Waals surface area contributed by atoms with Crippen LogP contribution < -0.4 is 10.6 Å². The van der Waals surface area contributed by atoms with Gasteiger partial charge in [-0.25, -0.2) is 4.79 Å².